The maximum atomic E-state index is 11.9. The molecule has 8 heteroatoms. The van der Waals surface area contributed by atoms with Crippen LogP contribution in [-0.2, 0) is 9.59 Å². The van der Waals surface area contributed by atoms with Crippen molar-refractivity contribution in [1.29, 1.82) is 0 Å². The summed E-state index contributed by atoms with van der Waals surface area (Å²) in [5.41, 5.74) is 0. The van der Waals surface area contributed by atoms with E-state index in [1.165, 1.54) is 11.3 Å². The zero-order valence-corrected chi connectivity index (χ0v) is 13.7. The molecule has 0 bridgehead atoms. The number of likely N-dealkylation sites (tertiary alicyclic amines) is 1. The topological polar surface area (TPSA) is 87.2 Å². The van der Waals surface area contributed by atoms with Crippen LogP contribution in [0.5, 0.6) is 0 Å². The third-order valence-corrected chi connectivity index (χ3v) is 5.08. The SMILES string of the molecule is CC(C)N1CCC(NC(=O)C(=O)Nc2nnc(C3CC3)s2)C1. The Kier molecular flexibility index (Phi) is 4.39. The summed E-state index contributed by atoms with van der Waals surface area (Å²) < 4.78 is 0. The van der Waals surface area contributed by atoms with Crippen LogP contribution >= 0.6 is 11.3 Å². The van der Waals surface area contributed by atoms with Gasteiger partial charge in [0.2, 0.25) is 5.13 Å². The standard InChI is InChI=1S/C14H21N5O2S/c1-8(2)19-6-5-10(7-19)15-11(20)12(21)16-14-18-17-13(22-14)9-3-4-9/h8-10H,3-7H2,1-2H3,(H,15,20)(H,16,18,21). The van der Waals surface area contributed by atoms with E-state index in [0.29, 0.717) is 17.1 Å². The fourth-order valence-electron chi connectivity index (χ4n) is 2.56. The third-order valence-electron chi connectivity index (χ3n) is 4.08. The fourth-order valence-corrected chi connectivity index (χ4v) is 3.47. The summed E-state index contributed by atoms with van der Waals surface area (Å²) in [7, 11) is 0. The molecule has 0 spiro atoms. The number of hydrogen-bond acceptors (Lipinski definition) is 6. The lowest BCUT2D eigenvalue weighted by Crippen LogP contribution is -2.43. The summed E-state index contributed by atoms with van der Waals surface area (Å²) in [4.78, 5) is 26.1. The largest absolute Gasteiger partial charge is 0.344 e. The van der Waals surface area contributed by atoms with E-state index < -0.39 is 11.8 Å². The quantitative estimate of drug-likeness (QED) is 0.806. The van der Waals surface area contributed by atoms with Gasteiger partial charge >= 0.3 is 11.8 Å². The Hall–Kier alpha value is -1.54. The monoisotopic (exact) mass is 323 g/mol. The van der Waals surface area contributed by atoms with E-state index in [-0.39, 0.29) is 6.04 Å². The molecule has 0 aromatic carbocycles. The first-order chi connectivity index (χ1) is 10.5. The number of carbonyl (C=O) groups is 2. The van der Waals surface area contributed by atoms with Crippen molar-refractivity contribution in [3.8, 4) is 0 Å². The highest BCUT2D eigenvalue weighted by Crippen LogP contribution is 2.41. The van der Waals surface area contributed by atoms with E-state index in [1.807, 2.05) is 0 Å². The number of rotatable bonds is 4. The van der Waals surface area contributed by atoms with Gasteiger partial charge in [-0.25, -0.2) is 0 Å². The second-order valence-electron chi connectivity index (χ2n) is 6.22. The maximum Gasteiger partial charge on any atom is 0.315 e. The zero-order valence-electron chi connectivity index (χ0n) is 12.8. The molecule has 2 aliphatic rings. The Balaban J connectivity index is 1.48. The molecule has 2 amide bonds. The van der Waals surface area contributed by atoms with Gasteiger partial charge < -0.3 is 5.32 Å². The molecule has 7 nitrogen and oxygen atoms in total. The van der Waals surface area contributed by atoms with Crippen LogP contribution in [0.4, 0.5) is 5.13 Å². The maximum absolute atomic E-state index is 11.9. The van der Waals surface area contributed by atoms with E-state index in [0.717, 1.165) is 37.4 Å². The van der Waals surface area contributed by atoms with Gasteiger partial charge in [0, 0.05) is 31.1 Å². The molecule has 2 fully saturated rings. The molecule has 3 rings (SSSR count). The highest BCUT2D eigenvalue weighted by molar-refractivity contribution is 7.15. The van der Waals surface area contributed by atoms with Gasteiger partial charge in [-0.3, -0.25) is 19.8 Å². The molecule has 1 unspecified atom stereocenters. The van der Waals surface area contributed by atoms with Crippen molar-refractivity contribution in [3.05, 3.63) is 5.01 Å². The lowest BCUT2D eigenvalue weighted by atomic mass is 10.2. The number of carbonyl (C=O) groups excluding carboxylic acids is 2. The summed E-state index contributed by atoms with van der Waals surface area (Å²) in [5.74, 6) is -0.766. The molecule has 0 radical (unpaired) electrons. The van der Waals surface area contributed by atoms with E-state index in [9.17, 15) is 9.59 Å². The van der Waals surface area contributed by atoms with Crippen molar-refractivity contribution in [2.45, 2.75) is 51.1 Å². The van der Waals surface area contributed by atoms with E-state index in [4.69, 9.17) is 0 Å². The van der Waals surface area contributed by atoms with Crippen LogP contribution in [0.2, 0.25) is 0 Å². The number of nitrogens with zero attached hydrogens (tertiary/aromatic N) is 3. The van der Waals surface area contributed by atoms with Crippen molar-refractivity contribution in [2.75, 3.05) is 18.4 Å². The molecule has 1 aliphatic carbocycles. The molecule has 2 heterocycles. The van der Waals surface area contributed by atoms with E-state index in [2.05, 4.69) is 39.6 Å². The number of aromatic nitrogens is 2. The molecule has 1 saturated heterocycles. The molecule has 2 N–H and O–H groups in total. The summed E-state index contributed by atoms with van der Waals surface area (Å²) in [5, 5.41) is 14.6. The first-order valence-corrected chi connectivity index (χ1v) is 8.54. The van der Waals surface area contributed by atoms with Gasteiger partial charge in [-0.1, -0.05) is 11.3 Å². The van der Waals surface area contributed by atoms with Crippen LogP contribution in [-0.4, -0.2) is 52.1 Å². The van der Waals surface area contributed by atoms with Crippen LogP contribution in [0.25, 0.3) is 0 Å². The van der Waals surface area contributed by atoms with Gasteiger partial charge in [0.05, 0.1) is 0 Å². The molecule has 1 aliphatic heterocycles. The minimum absolute atomic E-state index is 0.0390. The third kappa shape index (κ3) is 3.61. The van der Waals surface area contributed by atoms with Gasteiger partial charge in [-0.2, -0.15) is 0 Å². The van der Waals surface area contributed by atoms with Crippen LogP contribution in [0.3, 0.4) is 0 Å². The summed E-state index contributed by atoms with van der Waals surface area (Å²) in [6.45, 7) is 6.00. The lowest BCUT2D eigenvalue weighted by molar-refractivity contribution is -0.136. The average Bonchev–Trinajstić information content (AvgIpc) is 3.04. The van der Waals surface area contributed by atoms with Crippen molar-refractivity contribution < 1.29 is 9.59 Å². The average molecular weight is 323 g/mol. The molecule has 22 heavy (non-hydrogen) atoms. The Morgan fingerprint density at radius 3 is 2.64 bits per heavy atom. The van der Waals surface area contributed by atoms with Crippen LogP contribution < -0.4 is 10.6 Å². The normalized spacial score (nSPS) is 22.0. The zero-order chi connectivity index (χ0) is 15.7. The predicted molar refractivity (Wildman–Crippen MR) is 83.8 cm³/mol. The van der Waals surface area contributed by atoms with Gasteiger partial charge in [-0.05, 0) is 33.1 Å². The molecule has 1 aromatic heterocycles. The van der Waals surface area contributed by atoms with Gasteiger partial charge in [0.25, 0.3) is 0 Å². The Bertz CT molecular complexity index is 569. The number of anilines is 1. The van der Waals surface area contributed by atoms with Crippen molar-refractivity contribution >= 4 is 28.3 Å². The Morgan fingerprint density at radius 2 is 2.00 bits per heavy atom. The first kappa shape index (κ1) is 15.4. The lowest BCUT2D eigenvalue weighted by Gasteiger charge is -2.20. The predicted octanol–water partition coefficient (Wildman–Crippen LogP) is 0.953. The van der Waals surface area contributed by atoms with Crippen molar-refractivity contribution in [3.63, 3.8) is 0 Å². The van der Waals surface area contributed by atoms with Gasteiger partial charge in [-0.15, -0.1) is 10.2 Å². The second-order valence-corrected chi connectivity index (χ2v) is 7.23. The van der Waals surface area contributed by atoms with Crippen LogP contribution in [0.15, 0.2) is 0 Å². The van der Waals surface area contributed by atoms with Gasteiger partial charge in [0.1, 0.15) is 5.01 Å². The van der Waals surface area contributed by atoms with Crippen LogP contribution in [0.1, 0.15) is 44.0 Å². The molecular weight excluding hydrogens is 302 g/mol. The fraction of sp³-hybridized carbons (Fsp3) is 0.714. The van der Waals surface area contributed by atoms with E-state index >= 15 is 0 Å². The minimum atomic E-state index is -0.665. The van der Waals surface area contributed by atoms with Crippen molar-refractivity contribution in [1.82, 2.24) is 20.4 Å². The van der Waals surface area contributed by atoms with Gasteiger partial charge in [0.15, 0.2) is 0 Å². The Labute approximate surface area is 133 Å². The molecule has 1 atom stereocenters. The number of nitrogens with one attached hydrogen (secondary N) is 2. The van der Waals surface area contributed by atoms with E-state index in [1.54, 1.807) is 0 Å². The van der Waals surface area contributed by atoms with Crippen molar-refractivity contribution in [2.24, 2.45) is 0 Å². The summed E-state index contributed by atoms with van der Waals surface area (Å²) in [6.07, 6.45) is 3.15. The Morgan fingerprint density at radius 1 is 1.23 bits per heavy atom. The molecular formula is C14H21N5O2S. The molecule has 1 aromatic rings. The number of amides is 2. The highest BCUT2D eigenvalue weighted by Gasteiger charge is 2.29. The first-order valence-electron chi connectivity index (χ1n) is 7.72. The summed E-state index contributed by atoms with van der Waals surface area (Å²) in [6, 6.07) is 0.495. The highest BCUT2D eigenvalue weighted by atomic mass is 32.1. The summed E-state index contributed by atoms with van der Waals surface area (Å²) >= 11 is 1.35. The minimum Gasteiger partial charge on any atom is -0.344 e. The smallest absolute Gasteiger partial charge is 0.315 e. The second kappa shape index (κ2) is 6.29. The molecule has 120 valence electrons. The molecule has 1 saturated carbocycles. The number of hydrogen-bond donors (Lipinski definition) is 2. The van der Waals surface area contributed by atoms with Crippen LogP contribution in [0, 0.1) is 0 Å².